The number of hydrogen-bond donors (Lipinski definition) is 4. The van der Waals surface area contributed by atoms with Crippen LogP contribution in [0.4, 0.5) is 0 Å². The molecule has 0 radical (unpaired) electrons. The highest BCUT2D eigenvalue weighted by molar-refractivity contribution is 5.95. The first-order valence-corrected chi connectivity index (χ1v) is 14.2. The third-order valence-corrected chi connectivity index (χ3v) is 7.16. The van der Waals surface area contributed by atoms with E-state index in [2.05, 4.69) is 21.3 Å². The fourth-order valence-corrected chi connectivity index (χ4v) is 4.91. The molecule has 1 aromatic rings. The fourth-order valence-electron chi connectivity index (χ4n) is 4.91. The third kappa shape index (κ3) is 9.04. The number of nitrogens with zero attached hydrogens (tertiary/aromatic N) is 1. The van der Waals surface area contributed by atoms with E-state index in [4.69, 9.17) is 4.74 Å². The maximum absolute atomic E-state index is 13.6. The number of rotatable bonds is 6. The Morgan fingerprint density at radius 3 is 2.27 bits per heavy atom. The van der Waals surface area contributed by atoms with E-state index in [1.807, 2.05) is 51.1 Å². The van der Waals surface area contributed by atoms with Gasteiger partial charge in [-0.2, -0.15) is 0 Å². The Morgan fingerprint density at radius 1 is 0.975 bits per heavy atom. The summed E-state index contributed by atoms with van der Waals surface area (Å²) in [5.74, 6) is -2.18. The molecular formula is C29H43N5O6. The zero-order chi connectivity index (χ0) is 29.2. The lowest BCUT2D eigenvalue weighted by molar-refractivity contribution is -0.144. The van der Waals surface area contributed by atoms with Crippen molar-refractivity contribution >= 4 is 29.5 Å². The van der Waals surface area contributed by atoms with Gasteiger partial charge in [-0.3, -0.25) is 24.0 Å². The Kier molecular flexibility index (Phi) is 11.5. The quantitative estimate of drug-likeness (QED) is 0.404. The van der Waals surface area contributed by atoms with Gasteiger partial charge in [0.2, 0.25) is 23.6 Å². The average molecular weight is 558 g/mol. The lowest BCUT2D eigenvalue weighted by Crippen LogP contribution is -2.57. The van der Waals surface area contributed by atoms with Crippen LogP contribution >= 0.6 is 0 Å². The Hall–Kier alpha value is -3.47. The Labute approximate surface area is 236 Å². The number of carbonyl (C=O) groups excluding carboxylic acids is 5. The van der Waals surface area contributed by atoms with Crippen molar-refractivity contribution in [2.75, 3.05) is 19.7 Å². The maximum Gasteiger partial charge on any atom is 0.252 e. The number of hydrogen-bond acceptors (Lipinski definition) is 6. The van der Waals surface area contributed by atoms with Gasteiger partial charge in [-0.1, -0.05) is 51.1 Å². The SMILES string of the molecule is CC[C@H]1CN(C(=O)[C@@H]2CCCO2)CC(=O)N[C@H](C)C(=O)N[C@@H](CC(C)C)C(=O)N[C@@H](Cc2ccccc2)C(=O)N1. The first-order valence-electron chi connectivity index (χ1n) is 14.2. The Balaban J connectivity index is 1.93. The minimum atomic E-state index is -0.943. The third-order valence-electron chi connectivity index (χ3n) is 7.16. The second kappa shape index (κ2) is 14.8. The monoisotopic (exact) mass is 557 g/mol. The predicted molar refractivity (Wildman–Crippen MR) is 149 cm³/mol. The van der Waals surface area contributed by atoms with Crippen LogP contribution < -0.4 is 21.3 Å². The molecule has 0 aliphatic carbocycles. The summed E-state index contributed by atoms with van der Waals surface area (Å²) in [5.41, 5.74) is 0.858. The van der Waals surface area contributed by atoms with Crippen LogP contribution in [0.2, 0.25) is 0 Å². The standard InChI is InChI=1S/C29H43N5O6/c1-5-21-16-34(29(39)24-12-9-13-40-24)17-25(35)30-19(4)26(36)32-22(14-18(2)3)28(38)33-23(27(37)31-21)15-20-10-7-6-8-11-20/h6-8,10-11,18-19,21-24H,5,9,12-17H2,1-4H3,(H,30,35)(H,31,37)(H,32,36)(H,33,38)/t19-,21+,22+,23+,24+/m1/s1. The molecule has 11 nitrogen and oxygen atoms in total. The van der Waals surface area contributed by atoms with E-state index in [0.717, 1.165) is 12.0 Å². The van der Waals surface area contributed by atoms with Gasteiger partial charge in [-0.05, 0) is 44.1 Å². The summed E-state index contributed by atoms with van der Waals surface area (Å²) in [6, 6.07) is 6.10. The summed E-state index contributed by atoms with van der Waals surface area (Å²) in [7, 11) is 0. The van der Waals surface area contributed by atoms with Crippen LogP contribution in [-0.4, -0.2) is 84.4 Å². The topological polar surface area (TPSA) is 146 Å². The molecule has 4 N–H and O–H groups in total. The second-order valence-electron chi connectivity index (χ2n) is 11.1. The molecule has 2 aliphatic heterocycles. The molecule has 40 heavy (non-hydrogen) atoms. The number of benzene rings is 1. The Morgan fingerprint density at radius 2 is 1.65 bits per heavy atom. The molecule has 0 spiro atoms. The van der Waals surface area contributed by atoms with E-state index in [1.165, 1.54) is 11.8 Å². The minimum absolute atomic E-state index is 0.0753. The zero-order valence-electron chi connectivity index (χ0n) is 23.9. The molecule has 1 aromatic carbocycles. The van der Waals surface area contributed by atoms with Crippen LogP contribution in [0.25, 0.3) is 0 Å². The lowest BCUT2D eigenvalue weighted by atomic mass is 10.0. The first kappa shape index (κ1) is 31.1. The van der Waals surface area contributed by atoms with Crippen LogP contribution in [0.3, 0.4) is 0 Å². The number of carbonyl (C=O) groups is 5. The van der Waals surface area contributed by atoms with Crippen LogP contribution in [0.1, 0.15) is 58.9 Å². The van der Waals surface area contributed by atoms with Crippen molar-refractivity contribution in [1.29, 1.82) is 0 Å². The molecule has 0 aromatic heterocycles. The zero-order valence-corrected chi connectivity index (χ0v) is 23.9. The van der Waals surface area contributed by atoms with Crippen LogP contribution in [-0.2, 0) is 35.1 Å². The van der Waals surface area contributed by atoms with Gasteiger partial charge in [0, 0.05) is 25.6 Å². The van der Waals surface area contributed by atoms with Gasteiger partial charge >= 0.3 is 0 Å². The molecule has 2 heterocycles. The molecule has 0 unspecified atom stereocenters. The highest BCUT2D eigenvalue weighted by Gasteiger charge is 2.34. The summed E-state index contributed by atoms with van der Waals surface area (Å²) in [6.07, 6.45) is 1.74. The average Bonchev–Trinajstić information content (AvgIpc) is 3.45. The van der Waals surface area contributed by atoms with Crippen molar-refractivity contribution in [3.63, 3.8) is 0 Å². The van der Waals surface area contributed by atoms with Gasteiger partial charge in [0.15, 0.2) is 0 Å². The Bertz CT molecular complexity index is 1040. The fraction of sp³-hybridized carbons (Fsp3) is 0.621. The van der Waals surface area contributed by atoms with Gasteiger partial charge in [-0.15, -0.1) is 0 Å². The molecule has 0 saturated carbocycles. The summed E-state index contributed by atoms with van der Waals surface area (Å²) >= 11 is 0. The first-order chi connectivity index (χ1) is 19.1. The van der Waals surface area contributed by atoms with E-state index in [1.54, 1.807) is 0 Å². The lowest BCUT2D eigenvalue weighted by Gasteiger charge is -2.30. The van der Waals surface area contributed by atoms with E-state index < -0.39 is 53.9 Å². The normalized spacial score (nSPS) is 27.2. The van der Waals surface area contributed by atoms with Crippen molar-refractivity contribution < 1.29 is 28.7 Å². The van der Waals surface area contributed by atoms with E-state index in [0.29, 0.717) is 25.9 Å². The largest absolute Gasteiger partial charge is 0.368 e. The predicted octanol–water partition coefficient (Wildman–Crippen LogP) is 0.666. The van der Waals surface area contributed by atoms with Crippen LogP contribution in [0, 0.1) is 5.92 Å². The van der Waals surface area contributed by atoms with Gasteiger partial charge < -0.3 is 30.9 Å². The van der Waals surface area contributed by atoms with Crippen LogP contribution in [0.15, 0.2) is 30.3 Å². The molecule has 0 bridgehead atoms. The van der Waals surface area contributed by atoms with E-state index in [-0.39, 0.29) is 31.3 Å². The van der Waals surface area contributed by atoms with Crippen LogP contribution in [0.5, 0.6) is 0 Å². The molecule has 3 rings (SSSR count). The second-order valence-corrected chi connectivity index (χ2v) is 11.1. The van der Waals surface area contributed by atoms with Crippen molar-refractivity contribution in [3.8, 4) is 0 Å². The number of nitrogens with one attached hydrogen (secondary N) is 4. The van der Waals surface area contributed by atoms with E-state index >= 15 is 0 Å². The molecule has 2 saturated heterocycles. The number of amides is 5. The highest BCUT2D eigenvalue weighted by atomic mass is 16.5. The molecule has 5 atom stereocenters. The molecule has 2 aliphatic rings. The summed E-state index contributed by atoms with van der Waals surface area (Å²) < 4.78 is 5.57. The van der Waals surface area contributed by atoms with Gasteiger partial charge in [0.05, 0.1) is 6.54 Å². The van der Waals surface area contributed by atoms with E-state index in [9.17, 15) is 24.0 Å². The van der Waals surface area contributed by atoms with Crippen molar-refractivity contribution in [2.45, 2.75) is 90.1 Å². The summed E-state index contributed by atoms with van der Waals surface area (Å²) in [4.78, 5) is 67.7. The van der Waals surface area contributed by atoms with Crippen molar-refractivity contribution in [1.82, 2.24) is 26.2 Å². The smallest absolute Gasteiger partial charge is 0.252 e. The molecular weight excluding hydrogens is 514 g/mol. The molecule has 11 heteroatoms. The molecule has 2 fully saturated rings. The van der Waals surface area contributed by atoms with Gasteiger partial charge in [0.1, 0.15) is 24.2 Å². The maximum atomic E-state index is 13.6. The number of ether oxygens (including phenoxy) is 1. The molecule has 5 amide bonds. The summed E-state index contributed by atoms with van der Waals surface area (Å²) in [6.45, 7) is 7.53. The highest BCUT2D eigenvalue weighted by Crippen LogP contribution is 2.16. The van der Waals surface area contributed by atoms with Crippen molar-refractivity contribution in [2.24, 2.45) is 5.92 Å². The molecule has 220 valence electrons. The van der Waals surface area contributed by atoms with Crippen molar-refractivity contribution in [3.05, 3.63) is 35.9 Å². The van der Waals surface area contributed by atoms with Gasteiger partial charge in [0.25, 0.3) is 5.91 Å². The minimum Gasteiger partial charge on any atom is -0.368 e. The summed E-state index contributed by atoms with van der Waals surface area (Å²) in [5, 5.41) is 11.2. The van der Waals surface area contributed by atoms with Gasteiger partial charge in [-0.25, -0.2) is 0 Å².